The second-order valence-corrected chi connectivity index (χ2v) is 8.49. The van der Waals surface area contributed by atoms with Gasteiger partial charge in [0.25, 0.3) is 10.0 Å². The molecule has 8 heteroatoms. The molecule has 0 atom stereocenters. The van der Waals surface area contributed by atoms with Crippen molar-refractivity contribution in [2.75, 3.05) is 29.8 Å². The molecule has 2 heterocycles. The van der Waals surface area contributed by atoms with E-state index in [9.17, 15) is 8.42 Å². The van der Waals surface area contributed by atoms with Crippen molar-refractivity contribution in [1.82, 2.24) is 9.97 Å². The second-order valence-electron chi connectivity index (χ2n) is 6.84. The zero-order valence-electron chi connectivity index (χ0n) is 15.8. The number of benzene rings is 2. The molecule has 3 aromatic rings. The van der Waals surface area contributed by atoms with Crippen molar-refractivity contribution in [3.05, 3.63) is 48.0 Å². The lowest BCUT2D eigenvalue weighted by molar-refractivity contribution is 0.402. The van der Waals surface area contributed by atoms with Crippen molar-refractivity contribution < 1.29 is 13.2 Å². The molecule has 146 valence electrons. The Balaban J connectivity index is 1.82. The fourth-order valence-corrected chi connectivity index (χ4v) is 4.64. The highest BCUT2D eigenvalue weighted by Gasteiger charge is 2.25. The van der Waals surface area contributed by atoms with Crippen LogP contribution >= 0.6 is 0 Å². The number of nitrogens with zero attached hydrogens (tertiary/aromatic N) is 3. The lowest BCUT2D eigenvalue weighted by Crippen LogP contribution is -2.23. The van der Waals surface area contributed by atoms with Crippen LogP contribution in [-0.4, -0.2) is 38.6 Å². The smallest absolute Gasteiger partial charge is 0.266 e. The minimum Gasteiger partial charge on any atom is -0.495 e. The van der Waals surface area contributed by atoms with E-state index in [2.05, 4.69) is 14.6 Å². The molecule has 0 unspecified atom stereocenters. The van der Waals surface area contributed by atoms with E-state index < -0.39 is 10.0 Å². The van der Waals surface area contributed by atoms with Gasteiger partial charge in [-0.05, 0) is 49.6 Å². The third-order valence-electron chi connectivity index (χ3n) is 4.80. The van der Waals surface area contributed by atoms with Crippen molar-refractivity contribution in [3.8, 4) is 5.75 Å². The minimum absolute atomic E-state index is 0.0809. The molecule has 1 aliphatic heterocycles. The number of anilines is 2. The molecule has 7 nitrogen and oxygen atoms in total. The van der Waals surface area contributed by atoms with Gasteiger partial charge >= 0.3 is 0 Å². The van der Waals surface area contributed by atoms with Gasteiger partial charge < -0.3 is 9.64 Å². The minimum atomic E-state index is -3.90. The summed E-state index contributed by atoms with van der Waals surface area (Å²) in [6.45, 7) is 3.50. The number of nitrogens with one attached hydrogen (secondary N) is 1. The quantitative estimate of drug-likeness (QED) is 0.710. The number of aromatic nitrogens is 2. The first-order chi connectivity index (χ1) is 13.5. The van der Waals surface area contributed by atoms with Crippen LogP contribution in [-0.2, 0) is 10.0 Å². The Morgan fingerprint density at radius 3 is 2.39 bits per heavy atom. The number of sulfonamides is 1. The summed E-state index contributed by atoms with van der Waals surface area (Å²) < 4.78 is 34.2. The van der Waals surface area contributed by atoms with Crippen molar-refractivity contribution in [2.45, 2.75) is 24.7 Å². The molecular formula is C20H22N4O3S. The highest BCUT2D eigenvalue weighted by Crippen LogP contribution is 2.32. The first-order valence-electron chi connectivity index (χ1n) is 9.17. The van der Waals surface area contributed by atoms with Crippen LogP contribution in [0.4, 0.5) is 11.6 Å². The van der Waals surface area contributed by atoms with Crippen LogP contribution in [0.5, 0.6) is 5.75 Å². The van der Waals surface area contributed by atoms with Crippen LogP contribution in [0.2, 0.25) is 0 Å². The molecule has 0 bridgehead atoms. The van der Waals surface area contributed by atoms with Gasteiger partial charge in [-0.2, -0.15) is 0 Å². The molecule has 1 saturated heterocycles. The van der Waals surface area contributed by atoms with Crippen molar-refractivity contribution >= 4 is 32.7 Å². The summed E-state index contributed by atoms with van der Waals surface area (Å²) in [5, 5.41) is 0. The Morgan fingerprint density at radius 2 is 1.71 bits per heavy atom. The van der Waals surface area contributed by atoms with Crippen molar-refractivity contribution in [3.63, 3.8) is 0 Å². The lowest BCUT2D eigenvalue weighted by Gasteiger charge is -2.21. The van der Waals surface area contributed by atoms with Crippen LogP contribution in [0.3, 0.4) is 0 Å². The van der Waals surface area contributed by atoms with Gasteiger partial charge in [-0.15, -0.1) is 0 Å². The number of para-hydroxylation sites is 2. The van der Waals surface area contributed by atoms with E-state index in [1.54, 1.807) is 12.1 Å². The number of hydrogen-bond donors (Lipinski definition) is 1. The molecule has 0 radical (unpaired) electrons. The van der Waals surface area contributed by atoms with E-state index in [1.807, 2.05) is 37.3 Å². The first-order valence-corrected chi connectivity index (χ1v) is 10.7. The zero-order valence-corrected chi connectivity index (χ0v) is 16.7. The standard InChI is InChI=1S/C20H22N4O3S/c1-14-9-10-17(27-2)18(13-14)28(25,26)23-19-20(24-11-5-6-12-24)22-16-8-4-3-7-15(16)21-19/h3-4,7-10,13H,5-6,11-12H2,1-2H3,(H,21,23). The van der Waals surface area contributed by atoms with Gasteiger partial charge in [0.15, 0.2) is 11.6 Å². The molecule has 0 amide bonds. The van der Waals surface area contributed by atoms with E-state index in [1.165, 1.54) is 7.11 Å². The molecule has 1 aromatic heterocycles. The van der Waals surface area contributed by atoms with E-state index in [0.717, 1.165) is 37.0 Å². The van der Waals surface area contributed by atoms with Crippen LogP contribution in [0, 0.1) is 6.92 Å². The number of fused-ring (bicyclic) bond motifs is 1. The number of hydrogen-bond acceptors (Lipinski definition) is 6. The molecular weight excluding hydrogens is 376 g/mol. The molecule has 2 aromatic carbocycles. The Kier molecular flexibility index (Phi) is 4.80. The Bertz CT molecular complexity index is 1130. The van der Waals surface area contributed by atoms with Crippen LogP contribution in [0.25, 0.3) is 11.0 Å². The summed E-state index contributed by atoms with van der Waals surface area (Å²) >= 11 is 0. The Hall–Kier alpha value is -2.87. The summed E-state index contributed by atoms with van der Waals surface area (Å²) in [6.07, 6.45) is 2.10. The van der Waals surface area contributed by atoms with E-state index in [0.29, 0.717) is 11.3 Å². The van der Waals surface area contributed by atoms with E-state index in [-0.39, 0.29) is 16.5 Å². The maximum atomic E-state index is 13.2. The molecule has 4 rings (SSSR count). The summed E-state index contributed by atoms with van der Waals surface area (Å²) in [7, 11) is -2.45. The molecule has 28 heavy (non-hydrogen) atoms. The first kappa shape index (κ1) is 18.5. The molecule has 1 fully saturated rings. The molecule has 0 saturated carbocycles. The largest absolute Gasteiger partial charge is 0.495 e. The number of methoxy groups -OCH3 is 1. The van der Waals surface area contributed by atoms with Gasteiger partial charge in [-0.3, -0.25) is 4.72 Å². The average Bonchev–Trinajstić information content (AvgIpc) is 3.21. The topological polar surface area (TPSA) is 84.4 Å². The molecule has 1 aliphatic rings. The molecule has 0 spiro atoms. The van der Waals surface area contributed by atoms with Gasteiger partial charge in [0.05, 0.1) is 18.1 Å². The van der Waals surface area contributed by atoms with Gasteiger partial charge in [0.1, 0.15) is 10.6 Å². The summed E-state index contributed by atoms with van der Waals surface area (Å²) in [5.41, 5.74) is 2.20. The maximum absolute atomic E-state index is 13.2. The van der Waals surface area contributed by atoms with E-state index in [4.69, 9.17) is 9.72 Å². The zero-order chi connectivity index (χ0) is 19.7. The summed E-state index contributed by atoms with van der Waals surface area (Å²) in [5.74, 6) is 1.09. The summed E-state index contributed by atoms with van der Waals surface area (Å²) in [4.78, 5) is 11.4. The highest BCUT2D eigenvalue weighted by molar-refractivity contribution is 7.92. The normalized spacial score (nSPS) is 14.4. The number of aryl methyl sites for hydroxylation is 1. The number of ether oxygens (including phenoxy) is 1. The monoisotopic (exact) mass is 398 g/mol. The SMILES string of the molecule is COc1ccc(C)cc1S(=O)(=O)Nc1nc2ccccc2nc1N1CCCC1. The van der Waals surface area contributed by atoms with Crippen LogP contribution in [0.15, 0.2) is 47.4 Å². The fourth-order valence-electron chi connectivity index (χ4n) is 3.38. The van der Waals surface area contributed by atoms with Crippen LogP contribution < -0.4 is 14.4 Å². The molecule has 0 aliphatic carbocycles. The summed E-state index contributed by atoms with van der Waals surface area (Å²) in [6, 6.07) is 12.5. The van der Waals surface area contributed by atoms with Crippen molar-refractivity contribution in [2.24, 2.45) is 0 Å². The lowest BCUT2D eigenvalue weighted by atomic mass is 10.2. The average molecular weight is 398 g/mol. The highest BCUT2D eigenvalue weighted by atomic mass is 32.2. The van der Waals surface area contributed by atoms with Gasteiger partial charge in [-0.1, -0.05) is 18.2 Å². The van der Waals surface area contributed by atoms with Crippen molar-refractivity contribution in [1.29, 1.82) is 0 Å². The predicted octanol–water partition coefficient (Wildman–Crippen LogP) is 3.35. The van der Waals surface area contributed by atoms with Gasteiger partial charge in [-0.25, -0.2) is 18.4 Å². The third-order valence-corrected chi connectivity index (χ3v) is 6.16. The van der Waals surface area contributed by atoms with Crippen LogP contribution in [0.1, 0.15) is 18.4 Å². The third kappa shape index (κ3) is 3.47. The maximum Gasteiger partial charge on any atom is 0.266 e. The van der Waals surface area contributed by atoms with Gasteiger partial charge in [0.2, 0.25) is 0 Å². The van der Waals surface area contributed by atoms with Gasteiger partial charge in [0, 0.05) is 13.1 Å². The second kappa shape index (κ2) is 7.27. The number of rotatable bonds is 5. The molecule has 1 N–H and O–H groups in total. The Morgan fingerprint density at radius 1 is 1.04 bits per heavy atom. The fraction of sp³-hybridized carbons (Fsp3) is 0.300. The predicted molar refractivity (Wildman–Crippen MR) is 110 cm³/mol. The Labute approximate surface area is 164 Å². The van der Waals surface area contributed by atoms with E-state index >= 15 is 0 Å².